The van der Waals surface area contributed by atoms with Crippen LogP contribution < -0.4 is 4.18 Å². The fourth-order valence-corrected chi connectivity index (χ4v) is 3.46. The van der Waals surface area contributed by atoms with Gasteiger partial charge in [0.05, 0.1) is 10.0 Å². The van der Waals surface area contributed by atoms with E-state index >= 15 is 0 Å². The first-order valence-corrected chi connectivity index (χ1v) is 9.42. The van der Waals surface area contributed by atoms with Gasteiger partial charge in [-0.1, -0.05) is 34.4 Å². The number of aromatic nitrogens is 2. The number of rotatable bonds is 5. The summed E-state index contributed by atoms with van der Waals surface area (Å²) < 4.78 is 34.4. The first-order chi connectivity index (χ1) is 11.8. The Morgan fingerprint density at radius 2 is 1.80 bits per heavy atom. The molecule has 1 aromatic heterocycles. The Balaban J connectivity index is 1.73. The van der Waals surface area contributed by atoms with E-state index in [-0.39, 0.29) is 16.5 Å². The van der Waals surface area contributed by atoms with E-state index < -0.39 is 10.1 Å². The monoisotopic (exact) mass is 398 g/mol. The zero-order valence-corrected chi connectivity index (χ0v) is 15.3. The minimum atomic E-state index is -3.84. The van der Waals surface area contributed by atoms with Gasteiger partial charge in [-0.15, -0.1) is 0 Å². The van der Waals surface area contributed by atoms with Crippen LogP contribution in [0.25, 0.3) is 11.4 Å². The molecule has 0 aliphatic rings. The van der Waals surface area contributed by atoms with Crippen molar-refractivity contribution < 1.29 is 17.1 Å². The lowest BCUT2D eigenvalue weighted by Crippen LogP contribution is -2.12. The quantitative estimate of drug-likeness (QED) is 0.597. The van der Waals surface area contributed by atoms with Crippen molar-refractivity contribution in [2.45, 2.75) is 12.7 Å². The van der Waals surface area contributed by atoms with Gasteiger partial charge in [0.25, 0.3) is 0 Å². The molecule has 0 radical (unpaired) electrons. The summed E-state index contributed by atoms with van der Waals surface area (Å²) in [5.41, 5.74) is 1.17. The second kappa shape index (κ2) is 7.03. The summed E-state index contributed by atoms with van der Waals surface area (Å²) in [6, 6.07) is 10.9. The van der Waals surface area contributed by atoms with Gasteiger partial charge in [-0.25, -0.2) is 0 Å². The second-order valence-corrected chi connectivity index (χ2v) is 7.58. The smallest absolute Gasteiger partial charge is 0.313 e. The van der Waals surface area contributed by atoms with E-state index in [0.29, 0.717) is 27.9 Å². The predicted octanol–water partition coefficient (Wildman–Crippen LogP) is 4.26. The van der Waals surface area contributed by atoms with Gasteiger partial charge in [-0.2, -0.15) is 13.4 Å². The van der Waals surface area contributed by atoms with Gasteiger partial charge in [0, 0.05) is 12.5 Å². The molecule has 0 aliphatic heterocycles. The Hall–Kier alpha value is -2.09. The van der Waals surface area contributed by atoms with E-state index in [1.165, 1.54) is 24.3 Å². The highest BCUT2D eigenvalue weighted by Crippen LogP contribution is 2.25. The highest BCUT2D eigenvalue weighted by atomic mass is 35.5. The number of nitrogens with zero attached hydrogens (tertiary/aromatic N) is 2. The normalized spacial score (nSPS) is 11.5. The molecule has 130 valence electrons. The first kappa shape index (κ1) is 17.7. The van der Waals surface area contributed by atoms with Crippen molar-refractivity contribution in [2.24, 2.45) is 0 Å². The van der Waals surface area contributed by atoms with Gasteiger partial charge in [-0.05, 0) is 42.0 Å². The van der Waals surface area contributed by atoms with Gasteiger partial charge >= 0.3 is 10.1 Å². The fraction of sp³-hybridized carbons (Fsp3) is 0.125. The lowest BCUT2D eigenvalue weighted by atomic mass is 10.2. The molecular formula is C16H12Cl2N2O4S. The maximum absolute atomic E-state index is 12.2. The van der Waals surface area contributed by atoms with Crippen LogP contribution in [0.3, 0.4) is 0 Å². The number of halogens is 2. The Morgan fingerprint density at radius 3 is 2.40 bits per heavy atom. The predicted molar refractivity (Wildman–Crippen MR) is 94.2 cm³/mol. The van der Waals surface area contributed by atoms with E-state index in [0.717, 1.165) is 0 Å². The molecule has 0 spiro atoms. The molecule has 1 heterocycles. The zero-order chi connectivity index (χ0) is 18.0. The van der Waals surface area contributed by atoms with Crippen molar-refractivity contribution in [3.05, 3.63) is 64.0 Å². The molecular weight excluding hydrogens is 387 g/mol. The van der Waals surface area contributed by atoms with E-state index in [1.54, 1.807) is 25.1 Å². The van der Waals surface area contributed by atoms with E-state index in [4.69, 9.17) is 31.9 Å². The molecule has 0 fully saturated rings. The third-order valence-corrected chi connectivity index (χ3v) is 5.06. The average molecular weight is 399 g/mol. The topological polar surface area (TPSA) is 82.3 Å². The molecule has 0 aliphatic carbocycles. The summed E-state index contributed by atoms with van der Waals surface area (Å²) in [5.74, 6) is 0.724. The number of aryl methyl sites for hydroxylation is 1. The second-order valence-electron chi connectivity index (χ2n) is 5.20. The van der Waals surface area contributed by atoms with E-state index in [1.807, 2.05) is 0 Å². The van der Waals surface area contributed by atoms with Crippen LogP contribution in [-0.4, -0.2) is 18.6 Å². The number of benzene rings is 2. The van der Waals surface area contributed by atoms with Gasteiger partial charge in [0.1, 0.15) is 11.5 Å². The Labute approximate surface area is 154 Å². The molecule has 6 nitrogen and oxygen atoms in total. The van der Waals surface area contributed by atoms with Crippen molar-refractivity contribution in [1.29, 1.82) is 0 Å². The van der Waals surface area contributed by atoms with Gasteiger partial charge < -0.3 is 8.71 Å². The third kappa shape index (κ3) is 4.50. The standard InChI is InChI=1S/C16H12Cl2N2O4S/c1-10-19-16(20-23-10)12-3-5-13(6-4-12)24-25(21,22)9-11-2-7-14(17)15(18)8-11/h2-8H,9H2,1H3. The summed E-state index contributed by atoms with van der Waals surface area (Å²) >= 11 is 11.7. The molecule has 0 saturated carbocycles. The first-order valence-electron chi connectivity index (χ1n) is 7.09. The molecule has 0 atom stereocenters. The highest BCUT2D eigenvalue weighted by Gasteiger charge is 2.15. The highest BCUT2D eigenvalue weighted by molar-refractivity contribution is 7.86. The van der Waals surface area contributed by atoms with Crippen molar-refractivity contribution in [3.63, 3.8) is 0 Å². The molecule has 3 rings (SSSR count). The van der Waals surface area contributed by atoms with E-state index in [2.05, 4.69) is 10.1 Å². The van der Waals surface area contributed by atoms with Crippen LogP contribution in [0.1, 0.15) is 11.5 Å². The maximum atomic E-state index is 12.2. The van der Waals surface area contributed by atoms with Crippen molar-refractivity contribution in [1.82, 2.24) is 10.1 Å². The van der Waals surface area contributed by atoms with Gasteiger partial charge in [0.15, 0.2) is 0 Å². The van der Waals surface area contributed by atoms with Crippen LogP contribution in [-0.2, 0) is 15.9 Å². The van der Waals surface area contributed by atoms with Crippen molar-refractivity contribution >= 4 is 33.3 Å². The molecule has 3 aromatic rings. The largest absolute Gasteiger partial charge is 0.382 e. The fourth-order valence-electron chi connectivity index (χ4n) is 2.09. The summed E-state index contributed by atoms with van der Waals surface area (Å²) in [7, 11) is -3.84. The minimum Gasteiger partial charge on any atom is -0.382 e. The van der Waals surface area contributed by atoms with Crippen LogP contribution in [0.4, 0.5) is 0 Å². The van der Waals surface area contributed by atoms with Crippen LogP contribution in [0.2, 0.25) is 10.0 Å². The van der Waals surface area contributed by atoms with Crippen molar-refractivity contribution in [2.75, 3.05) is 0 Å². The Kier molecular flexibility index (Phi) is 4.99. The summed E-state index contributed by atoms with van der Waals surface area (Å²) in [4.78, 5) is 4.10. The van der Waals surface area contributed by atoms with Crippen LogP contribution in [0.5, 0.6) is 5.75 Å². The zero-order valence-electron chi connectivity index (χ0n) is 12.9. The molecule has 0 saturated heterocycles. The summed E-state index contributed by atoms with van der Waals surface area (Å²) in [5, 5.41) is 4.44. The lowest BCUT2D eigenvalue weighted by molar-refractivity contribution is 0.394. The van der Waals surface area contributed by atoms with Gasteiger partial charge in [-0.3, -0.25) is 0 Å². The Morgan fingerprint density at radius 1 is 1.08 bits per heavy atom. The van der Waals surface area contributed by atoms with Crippen LogP contribution >= 0.6 is 23.2 Å². The molecule has 0 bridgehead atoms. The van der Waals surface area contributed by atoms with Crippen molar-refractivity contribution in [3.8, 4) is 17.1 Å². The van der Waals surface area contributed by atoms with Gasteiger partial charge in [0.2, 0.25) is 11.7 Å². The molecule has 0 N–H and O–H groups in total. The number of hydrogen-bond donors (Lipinski definition) is 0. The molecule has 25 heavy (non-hydrogen) atoms. The Bertz CT molecular complexity index is 1000. The maximum Gasteiger partial charge on any atom is 0.313 e. The van der Waals surface area contributed by atoms with Crippen LogP contribution in [0.15, 0.2) is 47.0 Å². The third-order valence-electron chi connectivity index (χ3n) is 3.19. The average Bonchev–Trinajstić information content (AvgIpc) is 2.97. The molecule has 0 amide bonds. The lowest BCUT2D eigenvalue weighted by Gasteiger charge is -2.08. The number of hydrogen-bond acceptors (Lipinski definition) is 6. The minimum absolute atomic E-state index is 0.184. The molecule has 0 unspecified atom stereocenters. The van der Waals surface area contributed by atoms with E-state index in [9.17, 15) is 8.42 Å². The molecule has 9 heteroatoms. The molecule has 2 aromatic carbocycles. The summed E-state index contributed by atoms with van der Waals surface area (Å²) in [6.07, 6.45) is 0. The SMILES string of the molecule is Cc1nc(-c2ccc(OS(=O)(=O)Cc3ccc(Cl)c(Cl)c3)cc2)no1. The summed E-state index contributed by atoms with van der Waals surface area (Å²) in [6.45, 7) is 1.68. The van der Waals surface area contributed by atoms with Crippen LogP contribution in [0, 0.1) is 6.92 Å².